The van der Waals surface area contributed by atoms with Crippen molar-refractivity contribution < 1.29 is 14.6 Å². The maximum atomic E-state index is 12.5. The zero-order valence-corrected chi connectivity index (χ0v) is 11.9. The molecule has 1 amide bonds. The van der Waals surface area contributed by atoms with E-state index in [1.54, 1.807) is 6.07 Å². The van der Waals surface area contributed by atoms with Crippen molar-refractivity contribution in [3.63, 3.8) is 0 Å². The van der Waals surface area contributed by atoms with Gasteiger partial charge in [-0.25, -0.2) is 0 Å². The summed E-state index contributed by atoms with van der Waals surface area (Å²) in [6.45, 7) is 5.58. The Morgan fingerprint density at radius 1 is 1.63 bits per heavy atom. The molecule has 1 saturated heterocycles. The topological polar surface area (TPSA) is 49.8 Å². The van der Waals surface area contributed by atoms with Crippen LogP contribution in [0.4, 0.5) is 0 Å². The second-order valence-electron chi connectivity index (χ2n) is 4.98. The summed E-state index contributed by atoms with van der Waals surface area (Å²) in [7, 11) is 0. The van der Waals surface area contributed by atoms with Crippen LogP contribution in [0.3, 0.4) is 0 Å². The molecule has 0 aliphatic carbocycles. The van der Waals surface area contributed by atoms with Crippen molar-refractivity contribution in [2.24, 2.45) is 0 Å². The minimum atomic E-state index is -0.284. The summed E-state index contributed by atoms with van der Waals surface area (Å²) in [5, 5.41) is 10.5. The van der Waals surface area contributed by atoms with Crippen LogP contribution in [0, 0.1) is 11.8 Å². The summed E-state index contributed by atoms with van der Waals surface area (Å²) in [5.41, 5.74) is 0.371. The highest BCUT2D eigenvalue weighted by Crippen LogP contribution is 2.23. The van der Waals surface area contributed by atoms with Crippen LogP contribution in [0.25, 0.3) is 0 Å². The largest absolute Gasteiger partial charge is 0.384 e. The minimum Gasteiger partial charge on any atom is -0.384 e. The first kappa shape index (κ1) is 14.1. The molecular weight excluding hydrogens is 262 g/mol. The van der Waals surface area contributed by atoms with Gasteiger partial charge in [0.15, 0.2) is 0 Å². The lowest BCUT2D eigenvalue weighted by atomic mass is 10.0. The normalized spacial score (nSPS) is 17.7. The molecule has 19 heavy (non-hydrogen) atoms. The van der Waals surface area contributed by atoms with Gasteiger partial charge in [-0.05, 0) is 19.9 Å². The van der Waals surface area contributed by atoms with Gasteiger partial charge in [0.05, 0.1) is 29.2 Å². The van der Waals surface area contributed by atoms with Gasteiger partial charge in [0.1, 0.15) is 6.61 Å². The molecule has 0 bridgehead atoms. The molecule has 1 aliphatic heterocycles. The fourth-order valence-electron chi connectivity index (χ4n) is 2.03. The fraction of sp³-hybridized carbons (Fsp3) is 0.500. The number of nitrogens with zero attached hydrogens (tertiary/aromatic N) is 1. The van der Waals surface area contributed by atoms with Gasteiger partial charge in [-0.3, -0.25) is 4.79 Å². The van der Waals surface area contributed by atoms with Crippen molar-refractivity contribution in [3.8, 4) is 11.8 Å². The van der Waals surface area contributed by atoms with E-state index in [4.69, 9.17) is 9.84 Å². The summed E-state index contributed by atoms with van der Waals surface area (Å²) < 4.78 is 5.42. The van der Waals surface area contributed by atoms with Gasteiger partial charge in [-0.2, -0.15) is 0 Å². The van der Waals surface area contributed by atoms with E-state index in [-0.39, 0.29) is 18.1 Å². The molecule has 1 fully saturated rings. The van der Waals surface area contributed by atoms with E-state index in [1.165, 1.54) is 11.3 Å². The van der Waals surface area contributed by atoms with E-state index < -0.39 is 0 Å². The Morgan fingerprint density at radius 2 is 2.42 bits per heavy atom. The van der Waals surface area contributed by atoms with Crippen LogP contribution in [0.5, 0.6) is 0 Å². The average molecular weight is 279 g/mol. The third kappa shape index (κ3) is 3.16. The first-order chi connectivity index (χ1) is 9.04. The van der Waals surface area contributed by atoms with E-state index in [2.05, 4.69) is 11.8 Å². The van der Waals surface area contributed by atoms with Gasteiger partial charge in [0.2, 0.25) is 0 Å². The second kappa shape index (κ2) is 5.74. The number of hydrogen-bond donors (Lipinski definition) is 1. The van der Waals surface area contributed by atoms with Crippen molar-refractivity contribution in [1.82, 2.24) is 4.90 Å². The molecular formula is C14H17NO3S. The number of thiophene rings is 1. The van der Waals surface area contributed by atoms with Gasteiger partial charge in [0, 0.05) is 11.9 Å². The number of carbonyl (C=O) groups excluding carboxylic acids is 1. The van der Waals surface area contributed by atoms with Gasteiger partial charge >= 0.3 is 0 Å². The molecule has 1 aliphatic rings. The van der Waals surface area contributed by atoms with Gasteiger partial charge < -0.3 is 14.7 Å². The summed E-state index contributed by atoms with van der Waals surface area (Å²) in [4.78, 5) is 15.1. The summed E-state index contributed by atoms with van der Waals surface area (Å²) in [5.74, 6) is 5.42. The second-order valence-corrected chi connectivity index (χ2v) is 5.89. The number of ether oxygens (including phenoxy) is 1. The highest BCUT2D eigenvalue weighted by Gasteiger charge is 2.34. The highest BCUT2D eigenvalue weighted by atomic mass is 32.1. The number of carbonyl (C=O) groups is 1. The Labute approximate surface area is 117 Å². The van der Waals surface area contributed by atoms with Crippen LogP contribution < -0.4 is 0 Å². The third-order valence-corrected chi connectivity index (χ3v) is 3.87. The molecule has 2 rings (SSSR count). The van der Waals surface area contributed by atoms with E-state index in [0.717, 1.165) is 4.88 Å². The molecule has 0 unspecified atom stereocenters. The Morgan fingerprint density at radius 3 is 3.11 bits per heavy atom. The molecule has 1 N–H and O–H groups in total. The van der Waals surface area contributed by atoms with E-state index >= 15 is 0 Å². The van der Waals surface area contributed by atoms with Gasteiger partial charge in [-0.1, -0.05) is 11.8 Å². The van der Waals surface area contributed by atoms with Crippen LogP contribution in [0.15, 0.2) is 11.4 Å². The van der Waals surface area contributed by atoms with Crippen molar-refractivity contribution in [3.05, 3.63) is 21.9 Å². The molecule has 4 nitrogen and oxygen atoms in total. The molecule has 0 saturated carbocycles. The maximum Gasteiger partial charge on any atom is 0.255 e. The van der Waals surface area contributed by atoms with E-state index in [9.17, 15) is 4.79 Å². The Balaban J connectivity index is 2.17. The molecule has 102 valence electrons. The molecule has 5 heteroatoms. The predicted octanol–water partition coefficient (Wildman–Crippen LogP) is 1.34. The minimum absolute atomic E-state index is 0.0154. The lowest BCUT2D eigenvalue weighted by Crippen LogP contribution is -2.55. The third-order valence-electron chi connectivity index (χ3n) is 3.03. The van der Waals surface area contributed by atoms with Crippen molar-refractivity contribution in [2.75, 3.05) is 26.4 Å². The average Bonchev–Trinajstić information content (AvgIpc) is 2.84. The van der Waals surface area contributed by atoms with Crippen LogP contribution in [-0.2, 0) is 4.74 Å². The Hall–Kier alpha value is -1.35. The number of aliphatic hydroxyl groups excluding tert-OH is 1. The number of rotatable bonds is 1. The highest BCUT2D eigenvalue weighted by molar-refractivity contribution is 7.10. The molecule has 0 spiro atoms. The number of aliphatic hydroxyl groups is 1. The zero-order chi connectivity index (χ0) is 13.9. The molecule has 0 atom stereocenters. The summed E-state index contributed by atoms with van der Waals surface area (Å²) >= 11 is 1.42. The van der Waals surface area contributed by atoms with E-state index in [0.29, 0.717) is 25.3 Å². The predicted molar refractivity (Wildman–Crippen MR) is 74.2 cm³/mol. The lowest BCUT2D eigenvalue weighted by molar-refractivity contribution is -0.0370. The van der Waals surface area contributed by atoms with Gasteiger partial charge in [0.25, 0.3) is 5.91 Å². The summed E-state index contributed by atoms with van der Waals surface area (Å²) in [6.07, 6.45) is 0. The first-order valence-electron chi connectivity index (χ1n) is 6.12. The van der Waals surface area contributed by atoms with Crippen LogP contribution >= 0.6 is 11.3 Å². The van der Waals surface area contributed by atoms with Crippen molar-refractivity contribution in [1.29, 1.82) is 0 Å². The Kier molecular flexibility index (Phi) is 4.25. The molecule has 1 aromatic heterocycles. The maximum absolute atomic E-state index is 12.5. The quantitative estimate of drug-likeness (QED) is 0.789. The fourth-order valence-corrected chi connectivity index (χ4v) is 2.78. The van der Waals surface area contributed by atoms with Crippen molar-refractivity contribution >= 4 is 17.2 Å². The molecule has 0 radical (unpaired) electrons. The van der Waals surface area contributed by atoms with Crippen LogP contribution in [0.2, 0.25) is 0 Å². The van der Waals surface area contributed by atoms with E-state index in [1.807, 2.05) is 24.1 Å². The standard InChI is InChI=1S/C14H17NO3S/c1-14(2)10-18-7-5-15(14)13(17)11-8-12(19-9-11)4-3-6-16/h8-9,16H,5-7,10H2,1-2H3. The van der Waals surface area contributed by atoms with Crippen LogP contribution in [0.1, 0.15) is 29.1 Å². The molecule has 0 aromatic carbocycles. The number of hydrogen-bond acceptors (Lipinski definition) is 4. The van der Waals surface area contributed by atoms with Gasteiger partial charge in [-0.15, -0.1) is 11.3 Å². The molecule has 2 heterocycles. The number of morpholine rings is 1. The SMILES string of the molecule is CC1(C)COCCN1C(=O)c1csc(C#CCO)c1. The Bertz CT molecular complexity index is 524. The summed E-state index contributed by atoms with van der Waals surface area (Å²) in [6, 6.07) is 1.78. The molecule has 1 aromatic rings. The monoisotopic (exact) mass is 279 g/mol. The van der Waals surface area contributed by atoms with Crippen molar-refractivity contribution in [2.45, 2.75) is 19.4 Å². The zero-order valence-electron chi connectivity index (χ0n) is 11.1. The first-order valence-corrected chi connectivity index (χ1v) is 7.00. The smallest absolute Gasteiger partial charge is 0.255 e. The lowest BCUT2D eigenvalue weighted by Gasteiger charge is -2.42. The number of amides is 1. The van der Waals surface area contributed by atoms with Crippen LogP contribution in [-0.4, -0.2) is 47.8 Å².